The van der Waals surface area contributed by atoms with Crippen LogP contribution in [-0.4, -0.2) is 20.1 Å². The van der Waals surface area contributed by atoms with Crippen LogP contribution in [0.15, 0.2) is 22.7 Å². The van der Waals surface area contributed by atoms with E-state index in [9.17, 15) is 8.42 Å². The molecule has 0 amide bonds. The summed E-state index contributed by atoms with van der Waals surface area (Å²) >= 11 is 8.94. The van der Waals surface area contributed by atoms with Gasteiger partial charge in [-0.05, 0) is 36.6 Å². The number of hydrogen-bond acceptors (Lipinski definition) is 2. The Morgan fingerprint density at radius 1 is 1.41 bits per heavy atom. The molecule has 96 valence electrons. The molecule has 0 fully saturated rings. The summed E-state index contributed by atoms with van der Waals surface area (Å²) in [6.45, 7) is 3.71. The minimum Gasteiger partial charge on any atom is -0.283 e. The van der Waals surface area contributed by atoms with Gasteiger partial charge in [0.15, 0.2) is 0 Å². The molecule has 6 heteroatoms. The molecular formula is C11H15BrClNO2S. The van der Waals surface area contributed by atoms with Crippen LogP contribution in [0.25, 0.3) is 0 Å². The zero-order chi connectivity index (χ0) is 13.1. The van der Waals surface area contributed by atoms with E-state index in [1.165, 1.54) is 0 Å². The van der Waals surface area contributed by atoms with Gasteiger partial charge in [-0.25, -0.2) is 8.42 Å². The quantitative estimate of drug-likeness (QED) is 0.835. The van der Waals surface area contributed by atoms with Crippen LogP contribution < -0.4 is 4.72 Å². The third kappa shape index (κ3) is 5.27. The van der Waals surface area contributed by atoms with Gasteiger partial charge >= 0.3 is 0 Å². The number of rotatable bonds is 5. The molecule has 0 aliphatic heterocycles. The summed E-state index contributed by atoms with van der Waals surface area (Å²) < 4.78 is 27.0. The summed E-state index contributed by atoms with van der Waals surface area (Å²) in [7, 11) is -3.33. The van der Waals surface area contributed by atoms with Gasteiger partial charge < -0.3 is 0 Å². The third-order valence-electron chi connectivity index (χ3n) is 2.08. The lowest BCUT2D eigenvalue weighted by molar-refractivity contribution is 0.588. The number of sulfonamides is 1. The van der Waals surface area contributed by atoms with Crippen molar-refractivity contribution in [3.8, 4) is 0 Å². The van der Waals surface area contributed by atoms with Crippen LogP contribution in [0.1, 0.15) is 12.5 Å². The summed E-state index contributed by atoms with van der Waals surface area (Å²) in [6, 6.07) is 5.43. The molecule has 0 heterocycles. The number of halogens is 2. The maximum Gasteiger partial charge on any atom is 0.233 e. The average molecular weight is 341 g/mol. The first-order valence-electron chi connectivity index (χ1n) is 5.16. The lowest BCUT2D eigenvalue weighted by Gasteiger charge is -2.11. The van der Waals surface area contributed by atoms with Crippen molar-refractivity contribution in [1.29, 1.82) is 0 Å². The topological polar surface area (TPSA) is 46.2 Å². The monoisotopic (exact) mass is 339 g/mol. The number of benzene rings is 1. The molecule has 1 unspecified atom stereocenters. The van der Waals surface area contributed by atoms with Gasteiger partial charge in [-0.3, -0.25) is 4.72 Å². The molecule has 1 rings (SSSR count). The average Bonchev–Trinajstić information content (AvgIpc) is 2.13. The standard InChI is InChI=1S/C11H15BrClNO2S/c1-8-3-10(12)5-11(4-8)14-17(15,16)7-9(2)6-13/h3-5,9,14H,6-7H2,1-2H3. The van der Waals surface area contributed by atoms with Gasteiger partial charge in [0.05, 0.1) is 5.75 Å². The number of anilines is 1. The van der Waals surface area contributed by atoms with Crippen molar-refractivity contribution >= 4 is 43.2 Å². The number of nitrogens with one attached hydrogen (secondary N) is 1. The first-order valence-corrected chi connectivity index (χ1v) is 8.14. The molecule has 17 heavy (non-hydrogen) atoms. The Bertz CT molecular complexity index is 470. The Hall–Kier alpha value is -0.260. The molecule has 0 aliphatic rings. The second-order valence-corrected chi connectivity index (χ2v) is 7.15. The van der Waals surface area contributed by atoms with Crippen molar-refractivity contribution in [1.82, 2.24) is 0 Å². The van der Waals surface area contributed by atoms with E-state index in [1.807, 2.05) is 13.0 Å². The van der Waals surface area contributed by atoms with Gasteiger partial charge in [0.25, 0.3) is 0 Å². The van der Waals surface area contributed by atoms with Crippen molar-refractivity contribution in [2.24, 2.45) is 5.92 Å². The number of aryl methyl sites for hydroxylation is 1. The Morgan fingerprint density at radius 2 is 2.06 bits per heavy atom. The van der Waals surface area contributed by atoms with Crippen molar-refractivity contribution in [3.05, 3.63) is 28.2 Å². The fraction of sp³-hybridized carbons (Fsp3) is 0.455. The molecule has 0 aromatic heterocycles. The Labute approximate surface area is 116 Å². The fourth-order valence-corrected chi connectivity index (χ4v) is 3.71. The normalized spacial score (nSPS) is 13.4. The van der Waals surface area contributed by atoms with Crippen LogP contribution in [-0.2, 0) is 10.0 Å². The highest BCUT2D eigenvalue weighted by molar-refractivity contribution is 9.10. The maximum absolute atomic E-state index is 11.8. The van der Waals surface area contributed by atoms with Crippen molar-refractivity contribution in [2.45, 2.75) is 13.8 Å². The van der Waals surface area contributed by atoms with Crippen molar-refractivity contribution in [2.75, 3.05) is 16.4 Å². The molecule has 0 spiro atoms. The molecule has 1 N–H and O–H groups in total. The largest absolute Gasteiger partial charge is 0.283 e. The van der Waals surface area contributed by atoms with E-state index in [-0.39, 0.29) is 11.7 Å². The first-order chi connectivity index (χ1) is 7.82. The summed E-state index contributed by atoms with van der Waals surface area (Å²) in [5.74, 6) is 0.294. The third-order valence-corrected chi connectivity index (χ3v) is 4.62. The fourth-order valence-electron chi connectivity index (χ4n) is 1.44. The van der Waals surface area contributed by atoms with Gasteiger partial charge in [0.2, 0.25) is 10.0 Å². The van der Waals surface area contributed by atoms with Gasteiger partial charge in [0, 0.05) is 16.0 Å². The molecule has 3 nitrogen and oxygen atoms in total. The van der Waals surface area contributed by atoms with Crippen LogP contribution in [0.3, 0.4) is 0 Å². The van der Waals surface area contributed by atoms with Crippen molar-refractivity contribution in [3.63, 3.8) is 0 Å². The smallest absolute Gasteiger partial charge is 0.233 e. The summed E-state index contributed by atoms with van der Waals surface area (Å²) in [5, 5.41) is 0. The highest BCUT2D eigenvalue weighted by atomic mass is 79.9. The molecule has 0 saturated heterocycles. The molecule has 0 radical (unpaired) electrons. The zero-order valence-corrected chi connectivity index (χ0v) is 12.9. The van der Waals surface area contributed by atoms with Crippen LogP contribution in [0.4, 0.5) is 5.69 Å². The second-order valence-electron chi connectivity index (χ2n) is 4.16. The lowest BCUT2D eigenvalue weighted by Crippen LogP contribution is -2.22. The van der Waals surface area contributed by atoms with Gasteiger partial charge in [0.1, 0.15) is 0 Å². The first kappa shape index (κ1) is 14.8. The molecule has 0 bridgehead atoms. The van der Waals surface area contributed by atoms with E-state index in [2.05, 4.69) is 20.7 Å². The van der Waals surface area contributed by atoms with Gasteiger partial charge in [-0.1, -0.05) is 22.9 Å². The summed E-state index contributed by atoms with van der Waals surface area (Å²) in [4.78, 5) is 0. The highest BCUT2D eigenvalue weighted by Crippen LogP contribution is 2.20. The van der Waals surface area contributed by atoms with Crippen molar-refractivity contribution < 1.29 is 8.42 Å². The maximum atomic E-state index is 11.8. The summed E-state index contributed by atoms with van der Waals surface area (Å²) in [5.41, 5.74) is 1.56. The van der Waals surface area contributed by atoms with Crippen LogP contribution in [0.5, 0.6) is 0 Å². The van der Waals surface area contributed by atoms with E-state index >= 15 is 0 Å². The molecule has 1 aromatic rings. The minimum absolute atomic E-state index is 0.0298. The van der Waals surface area contributed by atoms with E-state index in [4.69, 9.17) is 11.6 Å². The Morgan fingerprint density at radius 3 is 2.59 bits per heavy atom. The highest BCUT2D eigenvalue weighted by Gasteiger charge is 2.15. The van der Waals surface area contributed by atoms with Crippen LogP contribution in [0, 0.1) is 12.8 Å². The second kappa shape index (κ2) is 6.07. The van der Waals surface area contributed by atoms with E-state index in [1.54, 1.807) is 19.1 Å². The SMILES string of the molecule is Cc1cc(Br)cc(NS(=O)(=O)CC(C)CCl)c1. The Kier molecular flexibility index (Phi) is 5.28. The zero-order valence-electron chi connectivity index (χ0n) is 9.70. The summed E-state index contributed by atoms with van der Waals surface area (Å²) in [6.07, 6.45) is 0. The Balaban J connectivity index is 2.83. The predicted octanol–water partition coefficient (Wildman–Crippen LogP) is 3.37. The van der Waals surface area contributed by atoms with E-state index in [0.29, 0.717) is 11.6 Å². The van der Waals surface area contributed by atoms with Crippen LogP contribution in [0.2, 0.25) is 0 Å². The molecule has 1 aromatic carbocycles. The molecule has 0 aliphatic carbocycles. The molecular weight excluding hydrogens is 326 g/mol. The van der Waals surface area contributed by atoms with Crippen LogP contribution >= 0.6 is 27.5 Å². The minimum atomic E-state index is -3.33. The molecule has 0 saturated carbocycles. The predicted molar refractivity (Wildman–Crippen MR) is 76.2 cm³/mol. The van der Waals surface area contributed by atoms with E-state index < -0.39 is 10.0 Å². The number of alkyl halides is 1. The van der Waals surface area contributed by atoms with E-state index in [0.717, 1.165) is 10.0 Å². The lowest BCUT2D eigenvalue weighted by atomic mass is 10.2. The van der Waals surface area contributed by atoms with Gasteiger partial charge in [-0.2, -0.15) is 0 Å². The number of hydrogen-bond donors (Lipinski definition) is 1. The molecule has 1 atom stereocenters. The van der Waals surface area contributed by atoms with Gasteiger partial charge in [-0.15, -0.1) is 11.6 Å².